The van der Waals surface area contributed by atoms with Crippen molar-refractivity contribution in [3.63, 3.8) is 0 Å². The summed E-state index contributed by atoms with van der Waals surface area (Å²) in [5.74, 6) is 0.314. The highest BCUT2D eigenvalue weighted by Crippen LogP contribution is 2.27. The second-order valence-electron chi connectivity index (χ2n) is 5.17. The molecule has 0 fully saturated rings. The molecule has 0 amide bonds. The van der Waals surface area contributed by atoms with Crippen molar-refractivity contribution in [3.05, 3.63) is 33.4 Å². The maximum atomic E-state index is 12.4. The van der Waals surface area contributed by atoms with Crippen LogP contribution in [0.2, 0.25) is 0 Å². The van der Waals surface area contributed by atoms with Gasteiger partial charge in [0.25, 0.3) is 0 Å². The SMILES string of the molecule is Cc1c(C)c(C)c(C(=O)CCCCP)c(C)c1C. The number of carbonyl (C=O) groups excluding carboxylic acids is 1. The average Bonchev–Trinajstić information content (AvgIpc) is 2.34. The van der Waals surface area contributed by atoms with E-state index >= 15 is 0 Å². The molecule has 0 N–H and O–H groups in total. The minimum absolute atomic E-state index is 0.314. The number of hydrogen-bond donors (Lipinski definition) is 0. The first-order chi connectivity index (χ1) is 8.41. The van der Waals surface area contributed by atoms with E-state index in [1.165, 1.54) is 27.8 Å². The van der Waals surface area contributed by atoms with Crippen LogP contribution in [-0.2, 0) is 0 Å². The Bertz CT molecular complexity index is 432. The quantitative estimate of drug-likeness (QED) is 0.436. The summed E-state index contributed by atoms with van der Waals surface area (Å²) in [4.78, 5) is 12.4. The molecule has 100 valence electrons. The molecule has 2 heteroatoms. The van der Waals surface area contributed by atoms with Crippen molar-refractivity contribution in [2.24, 2.45) is 0 Å². The zero-order chi connectivity index (χ0) is 13.9. The van der Waals surface area contributed by atoms with E-state index in [4.69, 9.17) is 0 Å². The van der Waals surface area contributed by atoms with E-state index in [0.717, 1.165) is 24.6 Å². The minimum atomic E-state index is 0.314. The molecular formula is C16H25OP. The fourth-order valence-corrected chi connectivity index (χ4v) is 2.76. The molecular weight excluding hydrogens is 239 g/mol. The first-order valence-electron chi connectivity index (χ1n) is 6.72. The van der Waals surface area contributed by atoms with Crippen LogP contribution in [0.25, 0.3) is 0 Å². The number of rotatable bonds is 5. The first-order valence-corrected chi connectivity index (χ1v) is 7.53. The van der Waals surface area contributed by atoms with Crippen LogP contribution in [0.4, 0.5) is 0 Å². The summed E-state index contributed by atoms with van der Waals surface area (Å²) in [5, 5.41) is 0. The van der Waals surface area contributed by atoms with Crippen molar-refractivity contribution in [1.29, 1.82) is 0 Å². The van der Waals surface area contributed by atoms with E-state index in [2.05, 4.69) is 43.9 Å². The number of hydrogen-bond acceptors (Lipinski definition) is 1. The summed E-state index contributed by atoms with van der Waals surface area (Å²) in [6.07, 6.45) is 3.86. The maximum Gasteiger partial charge on any atom is 0.163 e. The van der Waals surface area contributed by atoms with Crippen molar-refractivity contribution < 1.29 is 4.79 Å². The molecule has 1 unspecified atom stereocenters. The Labute approximate surface area is 114 Å². The van der Waals surface area contributed by atoms with E-state index < -0.39 is 0 Å². The van der Waals surface area contributed by atoms with Gasteiger partial charge in [-0.2, -0.15) is 0 Å². The van der Waals surface area contributed by atoms with Crippen molar-refractivity contribution in [1.82, 2.24) is 0 Å². The third-order valence-corrected chi connectivity index (χ3v) is 4.55. The highest BCUT2D eigenvalue weighted by molar-refractivity contribution is 7.16. The topological polar surface area (TPSA) is 17.1 Å². The van der Waals surface area contributed by atoms with Gasteiger partial charge >= 0.3 is 0 Å². The predicted molar refractivity (Wildman–Crippen MR) is 82.9 cm³/mol. The summed E-state index contributed by atoms with van der Waals surface area (Å²) >= 11 is 0. The van der Waals surface area contributed by atoms with Gasteiger partial charge in [-0.15, -0.1) is 9.24 Å². The molecule has 0 heterocycles. The highest BCUT2D eigenvalue weighted by atomic mass is 31.0. The van der Waals surface area contributed by atoms with Gasteiger partial charge in [-0.1, -0.05) is 0 Å². The van der Waals surface area contributed by atoms with E-state index in [-0.39, 0.29) is 0 Å². The first kappa shape index (κ1) is 15.4. The van der Waals surface area contributed by atoms with Gasteiger partial charge in [0.05, 0.1) is 0 Å². The van der Waals surface area contributed by atoms with Crippen LogP contribution in [0.3, 0.4) is 0 Å². The van der Waals surface area contributed by atoms with Crippen molar-refractivity contribution in [3.8, 4) is 0 Å². The zero-order valence-corrected chi connectivity index (χ0v) is 13.5. The van der Waals surface area contributed by atoms with Gasteiger partial charge in [0.1, 0.15) is 0 Å². The van der Waals surface area contributed by atoms with Crippen LogP contribution in [0.5, 0.6) is 0 Å². The molecule has 0 saturated carbocycles. The van der Waals surface area contributed by atoms with Gasteiger partial charge in [0, 0.05) is 12.0 Å². The van der Waals surface area contributed by atoms with Crippen LogP contribution < -0.4 is 0 Å². The molecule has 1 nitrogen and oxygen atoms in total. The van der Waals surface area contributed by atoms with Crippen LogP contribution in [0.15, 0.2) is 0 Å². The Balaban J connectivity index is 3.13. The fraction of sp³-hybridized carbons (Fsp3) is 0.562. The molecule has 0 saturated heterocycles. The summed E-state index contributed by atoms with van der Waals surface area (Å²) in [5.41, 5.74) is 7.18. The highest BCUT2D eigenvalue weighted by Gasteiger charge is 2.17. The summed E-state index contributed by atoms with van der Waals surface area (Å²) in [6, 6.07) is 0. The van der Waals surface area contributed by atoms with E-state index in [9.17, 15) is 4.79 Å². The number of benzene rings is 1. The molecule has 1 aromatic rings. The molecule has 0 bridgehead atoms. The lowest BCUT2D eigenvalue weighted by molar-refractivity contribution is 0.0978. The lowest BCUT2D eigenvalue weighted by atomic mass is 9.87. The second-order valence-corrected chi connectivity index (χ2v) is 5.75. The Kier molecular flexibility index (Phi) is 5.53. The molecule has 1 rings (SSSR count). The van der Waals surface area contributed by atoms with E-state index in [0.29, 0.717) is 12.2 Å². The van der Waals surface area contributed by atoms with Crippen LogP contribution >= 0.6 is 9.24 Å². The lowest BCUT2D eigenvalue weighted by Gasteiger charge is -2.17. The summed E-state index contributed by atoms with van der Waals surface area (Å²) in [7, 11) is 2.72. The molecule has 18 heavy (non-hydrogen) atoms. The molecule has 1 aromatic carbocycles. The largest absolute Gasteiger partial charge is 0.294 e. The van der Waals surface area contributed by atoms with Crippen molar-refractivity contribution in [2.45, 2.75) is 53.9 Å². The molecule has 1 atom stereocenters. The standard InChI is InChI=1S/C16H25OP/c1-10-11(2)13(4)16(14(5)12(10)3)15(17)8-6-7-9-18/h6-9,18H2,1-5H3. The smallest absolute Gasteiger partial charge is 0.163 e. The normalized spacial score (nSPS) is 10.8. The third kappa shape index (κ3) is 3.01. The molecule has 0 spiro atoms. The van der Waals surface area contributed by atoms with E-state index in [1.807, 2.05) is 0 Å². The second kappa shape index (κ2) is 6.48. The van der Waals surface area contributed by atoms with Gasteiger partial charge in [0.15, 0.2) is 5.78 Å². The third-order valence-electron chi connectivity index (χ3n) is 4.14. The van der Waals surface area contributed by atoms with Gasteiger partial charge < -0.3 is 0 Å². The number of unbranched alkanes of at least 4 members (excludes halogenated alkanes) is 1. The minimum Gasteiger partial charge on any atom is -0.294 e. The molecule has 0 aliphatic carbocycles. The Hall–Kier alpha value is -0.680. The molecule has 0 radical (unpaired) electrons. The summed E-state index contributed by atoms with van der Waals surface area (Å²) in [6.45, 7) is 10.6. The van der Waals surface area contributed by atoms with Crippen molar-refractivity contribution in [2.75, 3.05) is 6.16 Å². The van der Waals surface area contributed by atoms with Gasteiger partial charge in [0.2, 0.25) is 0 Å². The fourth-order valence-electron chi connectivity index (χ4n) is 2.47. The molecule has 0 aliphatic rings. The Morgan fingerprint density at radius 3 is 1.72 bits per heavy atom. The van der Waals surface area contributed by atoms with Crippen LogP contribution in [0.1, 0.15) is 57.4 Å². The molecule has 0 aliphatic heterocycles. The number of ketones is 1. The number of Topliss-reactive ketones (excluding diaryl/α,β-unsaturated/α-hetero) is 1. The molecule has 0 aromatic heterocycles. The summed E-state index contributed by atoms with van der Waals surface area (Å²) < 4.78 is 0. The lowest BCUT2D eigenvalue weighted by Crippen LogP contribution is -2.09. The van der Waals surface area contributed by atoms with Gasteiger partial charge in [-0.25, -0.2) is 0 Å². The number of carbonyl (C=O) groups is 1. The van der Waals surface area contributed by atoms with E-state index in [1.54, 1.807) is 0 Å². The van der Waals surface area contributed by atoms with Gasteiger partial charge in [-0.05, 0) is 81.4 Å². The van der Waals surface area contributed by atoms with Gasteiger partial charge in [-0.3, -0.25) is 4.79 Å². The zero-order valence-electron chi connectivity index (χ0n) is 12.3. The average molecular weight is 264 g/mol. The predicted octanol–water partition coefficient (Wildman–Crippen LogP) is 4.46. The Morgan fingerprint density at radius 2 is 1.28 bits per heavy atom. The van der Waals surface area contributed by atoms with Crippen LogP contribution in [-0.4, -0.2) is 11.9 Å². The monoisotopic (exact) mass is 264 g/mol. The van der Waals surface area contributed by atoms with Crippen molar-refractivity contribution >= 4 is 15.0 Å². The Morgan fingerprint density at radius 1 is 0.833 bits per heavy atom. The maximum absolute atomic E-state index is 12.4. The van der Waals surface area contributed by atoms with Crippen LogP contribution in [0, 0.1) is 34.6 Å².